The van der Waals surface area contributed by atoms with Gasteiger partial charge in [-0.3, -0.25) is 18.9 Å². The standard InChI is InChI=1S/C30H40N8O7S2/c1-2-11-35-12-16-37(17-13-35)29-32-28(33-30(34-29)38-18-14-36(15-19-38)20-21-39)31-25-10-9-24(27(22-25)47(43,44)45)8-7-23-5-3-4-6-26(23)46(40,41)42/h3-10,22,39H,2,11-21H2,1H3,(H,40,41,42)(H,43,44,45)(H,31,32,33,34)/b8-7+. The van der Waals surface area contributed by atoms with E-state index in [0.717, 1.165) is 52.2 Å². The molecule has 0 atom stereocenters. The molecular weight excluding hydrogens is 649 g/mol. The molecule has 2 fully saturated rings. The van der Waals surface area contributed by atoms with Gasteiger partial charge < -0.3 is 20.2 Å². The van der Waals surface area contributed by atoms with Crippen LogP contribution in [0.5, 0.6) is 0 Å². The van der Waals surface area contributed by atoms with Crippen molar-refractivity contribution in [3.63, 3.8) is 0 Å². The molecule has 4 N–H and O–H groups in total. The first kappa shape index (κ1) is 34.6. The molecule has 0 spiro atoms. The second-order valence-electron chi connectivity index (χ2n) is 11.3. The van der Waals surface area contributed by atoms with E-state index >= 15 is 0 Å². The largest absolute Gasteiger partial charge is 0.395 e. The third-order valence-corrected chi connectivity index (χ3v) is 9.90. The first-order valence-corrected chi connectivity index (χ1v) is 18.3. The molecule has 0 aliphatic carbocycles. The number of rotatable bonds is 12. The summed E-state index contributed by atoms with van der Waals surface area (Å²) in [5, 5.41) is 12.4. The van der Waals surface area contributed by atoms with Crippen molar-refractivity contribution in [2.45, 2.75) is 23.1 Å². The lowest BCUT2D eigenvalue weighted by Gasteiger charge is -2.36. The van der Waals surface area contributed by atoms with Gasteiger partial charge in [0.15, 0.2) is 0 Å². The van der Waals surface area contributed by atoms with Crippen LogP contribution in [0.1, 0.15) is 24.5 Å². The average molecular weight is 689 g/mol. The van der Waals surface area contributed by atoms with Crippen LogP contribution < -0.4 is 15.1 Å². The predicted molar refractivity (Wildman–Crippen MR) is 179 cm³/mol. The van der Waals surface area contributed by atoms with Gasteiger partial charge in [-0.2, -0.15) is 31.8 Å². The van der Waals surface area contributed by atoms with Crippen molar-refractivity contribution in [3.05, 3.63) is 53.6 Å². The van der Waals surface area contributed by atoms with Gasteiger partial charge in [0, 0.05) is 64.6 Å². The molecule has 1 aromatic heterocycles. The number of β-amino-alcohol motifs (C(OH)–C–C–N with tert-alkyl or cyclic N) is 1. The maximum absolute atomic E-state index is 12.4. The van der Waals surface area contributed by atoms with Gasteiger partial charge in [0.05, 0.1) is 6.61 Å². The van der Waals surface area contributed by atoms with Crippen LogP contribution in [-0.2, 0) is 20.2 Å². The van der Waals surface area contributed by atoms with Crippen molar-refractivity contribution >= 4 is 55.9 Å². The third kappa shape index (κ3) is 9.01. The normalized spacial score (nSPS) is 17.0. The van der Waals surface area contributed by atoms with Crippen LogP contribution in [0.15, 0.2) is 52.3 Å². The van der Waals surface area contributed by atoms with Crippen molar-refractivity contribution in [3.8, 4) is 0 Å². The highest BCUT2D eigenvalue weighted by Crippen LogP contribution is 2.27. The van der Waals surface area contributed by atoms with Gasteiger partial charge in [-0.15, -0.1) is 0 Å². The van der Waals surface area contributed by atoms with Gasteiger partial charge in [-0.25, -0.2) is 0 Å². The van der Waals surface area contributed by atoms with E-state index in [1.807, 2.05) is 0 Å². The van der Waals surface area contributed by atoms with Crippen molar-refractivity contribution < 1.29 is 31.0 Å². The minimum absolute atomic E-state index is 0.0888. The number of nitrogens with one attached hydrogen (secondary N) is 1. The summed E-state index contributed by atoms with van der Waals surface area (Å²) in [6.07, 6.45) is 3.75. The van der Waals surface area contributed by atoms with Crippen molar-refractivity contribution in [1.82, 2.24) is 24.8 Å². The Hall–Kier alpha value is -3.71. The highest BCUT2D eigenvalue weighted by Gasteiger charge is 2.24. The molecular formula is C30H40N8O7S2. The molecule has 2 saturated heterocycles. The summed E-state index contributed by atoms with van der Waals surface area (Å²) in [6, 6.07) is 9.98. The Morgan fingerprint density at radius 2 is 1.26 bits per heavy atom. The number of aromatic nitrogens is 3. The number of aliphatic hydroxyl groups excluding tert-OH is 1. The van der Waals surface area contributed by atoms with E-state index in [-0.39, 0.29) is 34.3 Å². The molecule has 0 radical (unpaired) electrons. The summed E-state index contributed by atoms with van der Waals surface area (Å²) in [6.45, 7) is 9.87. The summed E-state index contributed by atoms with van der Waals surface area (Å²) in [5.41, 5.74) is 0.513. The smallest absolute Gasteiger partial charge is 0.295 e. The Morgan fingerprint density at radius 1 is 0.723 bits per heavy atom. The van der Waals surface area contributed by atoms with Crippen molar-refractivity contribution in [1.29, 1.82) is 0 Å². The fourth-order valence-corrected chi connectivity index (χ4v) is 7.02. The van der Waals surface area contributed by atoms with E-state index in [1.54, 1.807) is 12.1 Å². The zero-order valence-corrected chi connectivity index (χ0v) is 27.7. The monoisotopic (exact) mass is 688 g/mol. The van der Waals surface area contributed by atoms with Crippen molar-refractivity contribution in [2.75, 3.05) is 87.2 Å². The Bertz CT molecular complexity index is 1750. The number of nitrogens with zero attached hydrogens (tertiary/aromatic N) is 7. The van der Waals surface area contributed by atoms with Crippen LogP contribution in [0.4, 0.5) is 23.5 Å². The number of hydrogen-bond acceptors (Lipinski definition) is 13. The molecule has 0 bridgehead atoms. The predicted octanol–water partition coefficient (Wildman–Crippen LogP) is 1.93. The molecule has 17 heteroatoms. The molecule has 0 amide bonds. The van der Waals surface area contributed by atoms with Crippen LogP contribution in [0.25, 0.3) is 12.2 Å². The first-order valence-electron chi connectivity index (χ1n) is 15.4. The second-order valence-corrected chi connectivity index (χ2v) is 14.1. The number of benzene rings is 2. The number of piperazine rings is 2. The number of aliphatic hydroxyl groups is 1. The van der Waals surface area contributed by atoms with Gasteiger partial charge in [0.2, 0.25) is 17.8 Å². The van der Waals surface area contributed by atoms with Crippen LogP contribution in [0, 0.1) is 0 Å². The maximum Gasteiger partial charge on any atom is 0.295 e. The summed E-state index contributed by atoms with van der Waals surface area (Å²) in [7, 11) is -9.24. The molecule has 2 aliphatic heterocycles. The number of anilines is 4. The number of hydrogen-bond donors (Lipinski definition) is 4. The average Bonchev–Trinajstić information content (AvgIpc) is 3.04. The molecule has 5 rings (SSSR count). The van der Waals surface area contributed by atoms with Gasteiger partial charge in [-0.1, -0.05) is 43.3 Å². The molecule has 2 aromatic carbocycles. The minimum atomic E-state index is -4.72. The lowest BCUT2D eigenvalue weighted by Crippen LogP contribution is -2.48. The van der Waals surface area contributed by atoms with E-state index in [1.165, 1.54) is 42.5 Å². The molecule has 2 aliphatic rings. The SMILES string of the molecule is CCCN1CCN(c2nc(Nc3ccc(/C=C/c4ccccc4S(=O)(=O)O)c(S(=O)(=O)O)c3)nc(N3CCN(CCO)CC3)n2)CC1. The van der Waals surface area contributed by atoms with E-state index < -0.39 is 25.1 Å². The van der Waals surface area contributed by atoms with E-state index in [0.29, 0.717) is 31.5 Å². The Labute approximate surface area is 275 Å². The van der Waals surface area contributed by atoms with E-state index in [2.05, 4.69) is 41.8 Å². The quantitative estimate of drug-likeness (QED) is 0.159. The highest BCUT2D eigenvalue weighted by atomic mass is 32.2. The molecule has 254 valence electrons. The molecule has 0 unspecified atom stereocenters. The van der Waals surface area contributed by atoms with Gasteiger partial charge in [0.25, 0.3) is 20.2 Å². The van der Waals surface area contributed by atoms with Crippen LogP contribution in [0.2, 0.25) is 0 Å². The Morgan fingerprint density at radius 3 is 1.79 bits per heavy atom. The molecule has 3 heterocycles. The Kier molecular flexibility index (Phi) is 11.1. The lowest BCUT2D eigenvalue weighted by molar-refractivity contribution is 0.188. The molecule has 47 heavy (non-hydrogen) atoms. The van der Waals surface area contributed by atoms with E-state index in [9.17, 15) is 31.0 Å². The maximum atomic E-state index is 12.4. The lowest BCUT2D eigenvalue weighted by atomic mass is 10.1. The van der Waals surface area contributed by atoms with Crippen LogP contribution in [0.3, 0.4) is 0 Å². The molecule has 0 saturated carbocycles. The molecule has 3 aromatic rings. The fourth-order valence-electron chi connectivity index (χ4n) is 5.63. The zero-order chi connectivity index (χ0) is 33.6. The van der Waals surface area contributed by atoms with Crippen molar-refractivity contribution in [2.24, 2.45) is 0 Å². The first-order chi connectivity index (χ1) is 22.4. The minimum Gasteiger partial charge on any atom is -0.395 e. The van der Waals surface area contributed by atoms with Gasteiger partial charge >= 0.3 is 0 Å². The second kappa shape index (κ2) is 15.0. The van der Waals surface area contributed by atoms with Gasteiger partial charge in [-0.05, 0) is 42.3 Å². The third-order valence-electron chi connectivity index (χ3n) is 8.07. The summed E-state index contributed by atoms with van der Waals surface area (Å²) in [4.78, 5) is 22.1. The van der Waals surface area contributed by atoms with Gasteiger partial charge in [0.1, 0.15) is 9.79 Å². The highest BCUT2D eigenvalue weighted by molar-refractivity contribution is 7.86. The summed E-state index contributed by atoms with van der Waals surface area (Å²) in [5.74, 6) is 1.17. The topological polar surface area (TPSA) is 193 Å². The fraction of sp³-hybridized carbons (Fsp3) is 0.433. The molecule has 15 nitrogen and oxygen atoms in total. The Balaban J connectivity index is 1.44. The van der Waals surface area contributed by atoms with Crippen LogP contribution in [-0.4, -0.2) is 128 Å². The summed E-state index contributed by atoms with van der Waals surface area (Å²) >= 11 is 0. The zero-order valence-electron chi connectivity index (χ0n) is 26.1. The van der Waals surface area contributed by atoms with Crippen LogP contribution >= 0.6 is 0 Å². The summed E-state index contributed by atoms with van der Waals surface area (Å²) < 4.78 is 68.1. The van der Waals surface area contributed by atoms with E-state index in [4.69, 9.17) is 4.98 Å².